The Labute approximate surface area is 85.1 Å². The van der Waals surface area contributed by atoms with E-state index < -0.39 is 11.6 Å². The molecule has 0 radical (unpaired) electrons. The van der Waals surface area contributed by atoms with Gasteiger partial charge in [-0.1, -0.05) is 12.8 Å². The van der Waals surface area contributed by atoms with E-state index in [1.54, 1.807) is 13.8 Å². The average Bonchev–Trinajstić information content (AvgIpc) is 2.01. The van der Waals surface area contributed by atoms with E-state index in [1.165, 1.54) is 0 Å². The van der Waals surface area contributed by atoms with Gasteiger partial charge in [-0.25, -0.2) is 0 Å². The minimum atomic E-state index is -0.744. The van der Waals surface area contributed by atoms with Gasteiger partial charge in [-0.15, -0.1) is 0 Å². The van der Waals surface area contributed by atoms with Gasteiger partial charge in [0.25, 0.3) is 0 Å². The molecule has 0 bridgehead atoms. The number of carboxylic acids is 1. The van der Waals surface area contributed by atoms with Crippen molar-refractivity contribution in [2.45, 2.75) is 51.6 Å². The number of aliphatic carboxylic acids is 1. The zero-order valence-electron chi connectivity index (χ0n) is 8.99. The fraction of sp³-hybridized carbons (Fsp3) is 0.909. The zero-order chi connectivity index (χ0) is 10.8. The molecule has 0 aromatic rings. The lowest BCUT2D eigenvalue weighted by atomic mass is 9.70. The molecule has 0 aromatic carbocycles. The van der Waals surface area contributed by atoms with E-state index in [4.69, 9.17) is 5.11 Å². The Hall–Kier alpha value is -0.570. The van der Waals surface area contributed by atoms with E-state index >= 15 is 0 Å². The second kappa shape index (κ2) is 4.30. The third-order valence-electron chi connectivity index (χ3n) is 3.25. The molecular weight excluding hydrogens is 180 g/mol. The molecular formula is C11H20O3. The summed E-state index contributed by atoms with van der Waals surface area (Å²) in [6, 6.07) is 0. The van der Waals surface area contributed by atoms with Crippen LogP contribution in [0, 0.1) is 11.8 Å². The van der Waals surface area contributed by atoms with Crippen LogP contribution >= 0.6 is 0 Å². The maximum Gasteiger partial charge on any atom is 0.303 e. The molecule has 82 valence electrons. The van der Waals surface area contributed by atoms with Crippen molar-refractivity contribution in [1.82, 2.24) is 0 Å². The van der Waals surface area contributed by atoms with Crippen LogP contribution in [0.4, 0.5) is 0 Å². The van der Waals surface area contributed by atoms with E-state index in [9.17, 15) is 9.90 Å². The average molecular weight is 200 g/mol. The highest BCUT2D eigenvalue weighted by Gasteiger charge is 2.36. The van der Waals surface area contributed by atoms with Gasteiger partial charge in [0.2, 0.25) is 0 Å². The summed E-state index contributed by atoms with van der Waals surface area (Å²) in [5, 5.41) is 18.7. The number of aliphatic hydroxyl groups is 1. The highest BCUT2D eigenvalue weighted by Crippen LogP contribution is 2.38. The Morgan fingerprint density at radius 3 is 2.43 bits per heavy atom. The molecule has 0 heterocycles. The highest BCUT2D eigenvalue weighted by atomic mass is 16.4. The number of rotatable bonds is 3. The highest BCUT2D eigenvalue weighted by molar-refractivity contribution is 5.67. The summed E-state index contributed by atoms with van der Waals surface area (Å²) in [5.41, 5.74) is -0.736. The minimum absolute atomic E-state index is 0.146. The van der Waals surface area contributed by atoms with Crippen molar-refractivity contribution in [2.24, 2.45) is 11.8 Å². The number of hydrogen-bond donors (Lipinski definition) is 2. The van der Waals surface area contributed by atoms with Crippen LogP contribution in [0.5, 0.6) is 0 Å². The van der Waals surface area contributed by atoms with Crippen LogP contribution < -0.4 is 0 Å². The Morgan fingerprint density at radius 2 is 1.93 bits per heavy atom. The lowest BCUT2D eigenvalue weighted by Crippen LogP contribution is -2.39. The molecule has 1 rings (SSSR count). The quantitative estimate of drug-likeness (QED) is 0.733. The predicted octanol–water partition coefficient (Wildman–Crippen LogP) is 2.04. The van der Waals surface area contributed by atoms with Crippen LogP contribution in [-0.2, 0) is 4.79 Å². The normalized spacial score (nSPS) is 28.8. The molecule has 2 N–H and O–H groups in total. The van der Waals surface area contributed by atoms with Gasteiger partial charge in [-0.05, 0) is 38.5 Å². The Morgan fingerprint density at radius 1 is 1.36 bits per heavy atom. The predicted molar refractivity (Wildman–Crippen MR) is 54.0 cm³/mol. The molecule has 0 amide bonds. The van der Waals surface area contributed by atoms with Gasteiger partial charge in [0.05, 0.1) is 5.60 Å². The van der Waals surface area contributed by atoms with Gasteiger partial charge in [0, 0.05) is 6.42 Å². The summed E-state index contributed by atoms with van der Waals surface area (Å²) < 4.78 is 0. The molecule has 2 atom stereocenters. The smallest absolute Gasteiger partial charge is 0.303 e. The Balaban J connectivity index is 2.64. The first-order valence-corrected chi connectivity index (χ1v) is 5.35. The maximum absolute atomic E-state index is 10.7. The number of carboxylic acid groups (broad SMARTS) is 1. The van der Waals surface area contributed by atoms with Crippen LogP contribution in [-0.4, -0.2) is 21.8 Å². The van der Waals surface area contributed by atoms with Crippen LogP contribution in [0.1, 0.15) is 46.0 Å². The zero-order valence-corrected chi connectivity index (χ0v) is 8.99. The van der Waals surface area contributed by atoms with E-state index in [0.717, 1.165) is 25.7 Å². The lowest BCUT2D eigenvalue weighted by molar-refractivity contribution is -0.140. The van der Waals surface area contributed by atoms with E-state index in [2.05, 4.69) is 0 Å². The van der Waals surface area contributed by atoms with Crippen LogP contribution in [0.2, 0.25) is 0 Å². The summed E-state index contributed by atoms with van der Waals surface area (Å²) in [4.78, 5) is 10.7. The van der Waals surface area contributed by atoms with Crippen molar-refractivity contribution < 1.29 is 15.0 Å². The van der Waals surface area contributed by atoms with Gasteiger partial charge < -0.3 is 10.2 Å². The van der Waals surface area contributed by atoms with Crippen molar-refractivity contribution >= 4 is 5.97 Å². The molecule has 14 heavy (non-hydrogen) atoms. The summed E-state index contributed by atoms with van der Waals surface area (Å²) in [6.45, 7) is 3.58. The van der Waals surface area contributed by atoms with Crippen LogP contribution in [0.25, 0.3) is 0 Å². The van der Waals surface area contributed by atoms with Gasteiger partial charge in [0.15, 0.2) is 0 Å². The molecule has 2 unspecified atom stereocenters. The van der Waals surface area contributed by atoms with E-state index in [1.807, 2.05) is 0 Å². The first-order chi connectivity index (χ1) is 6.41. The van der Waals surface area contributed by atoms with Gasteiger partial charge in [-0.2, -0.15) is 0 Å². The summed E-state index contributed by atoms with van der Waals surface area (Å²) in [5.74, 6) is -0.445. The Kier molecular flexibility index (Phi) is 3.53. The molecule has 1 aliphatic carbocycles. The third kappa shape index (κ3) is 2.98. The fourth-order valence-corrected chi connectivity index (χ4v) is 2.61. The maximum atomic E-state index is 10.7. The second-order valence-electron chi connectivity index (χ2n) is 4.90. The minimum Gasteiger partial charge on any atom is -0.481 e. The third-order valence-corrected chi connectivity index (χ3v) is 3.25. The molecule has 0 aromatic heterocycles. The fourth-order valence-electron chi connectivity index (χ4n) is 2.61. The summed E-state index contributed by atoms with van der Waals surface area (Å²) in [6.07, 6.45) is 4.33. The van der Waals surface area contributed by atoms with Gasteiger partial charge >= 0.3 is 5.97 Å². The van der Waals surface area contributed by atoms with Crippen LogP contribution in [0.3, 0.4) is 0 Å². The molecule has 0 aliphatic heterocycles. The molecule has 1 saturated carbocycles. The topological polar surface area (TPSA) is 57.5 Å². The first-order valence-electron chi connectivity index (χ1n) is 5.35. The largest absolute Gasteiger partial charge is 0.481 e. The molecule has 1 aliphatic rings. The summed E-state index contributed by atoms with van der Waals surface area (Å²) in [7, 11) is 0. The van der Waals surface area contributed by atoms with Crippen molar-refractivity contribution in [3.8, 4) is 0 Å². The van der Waals surface area contributed by atoms with Crippen molar-refractivity contribution in [1.29, 1.82) is 0 Å². The van der Waals surface area contributed by atoms with E-state index in [0.29, 0.717) is 0 Å². The molecule has 0 spiro atoms. The number of carbonyl (C=O) groups is 1. The monoisotopic (exact) mass is 200 g/mol. The SMILES string of the molecule is CC(C)(O)C1CCCCC1CC(=O)O. The van der Waals surface area contributed by atoms with Crippen molar-refractivity contribution in [3.05, 3.63) is 0 Å². The second-order valence-corrected chi connectivity index (χ2v) is 4.90. The van der Waals surface area contributed by atoms with E-state index in [-0.39, 0.29) is 18.3 Å². The summed E-state index contributed by atoms with van der Waals surface area (Å²) >= 11 is 0. The van der Waals surface area contributed by atoms with Crippen molar-refractivity contribution in [2.75, 3.05) is 0 Å². The Bertz CT molecular complexity index is 205. The van der Waals surface area contributed by atoms with Crippen molar-refractivity contribution in [3.63, 3.8) is 0 Å². The standard InChI is InChI=1S/C11H20O3/c1-11(2,14)9-6-4-3-5-8(9)7-10(12)13/h8-9,14H,3-7H2,1-2H3,(H,12,13). The molecule has 3 heteroatoms. The van der Waals surface area contributed by atoms with Crippen LogP contribution in [0.15, 0.2) is 0 Å². The number of hydrogen-bond acceptors (Lipinski definition) is 2. The molecule has 1 fully saturated rings. The van der Waals surface area contributed by atoms with Gasteiger partial charge in [0.1, 0.15) is 0 Å². The molecule has 0 saturated heterocycles. The van der Waals surface area contributed by atoms with Gasteiger partial charge in [-0.3, -0.25) is 4.79 Å². The molecule has 3 nitrogen and oxygen atoms in total. The lowest BCUT2D eigenvalue weighted by Gasteiger charge is -2.38. The first kappa shape index (κ1) is 11.5.